The molecule has 2 atom stereocenters. The first-order chi connectivity index (χ1) is 17.8. The highest BCUT2D eigenvalue weighted by Gasteiger charge is 2.24. The number of halogens is 4. The number of hydrogen-bond acceptors (Lipinski definition) is 5. The molecular formula is C26H30Cl2F2N4O3. The molecule has 0 radical (unpaired) electrons. The molecule has 4 rings (SSSR count). The van der Waals surface area contributed by atoms with E-state index >= 15 is 0 Å². The monoisotopic (exact) mass is 554 g/mol. The van der Waals surface area contributed by atoms with E-state index in [2.05, 4.69) is 20.4 Å². The summed E-state index contributed by atoms with van der Waals surface area (Å²) in [6.07, 6.45) is 6.32. The molecule has 0 aliphatic heterocycles. The molecule has 11 heteroatoms. The van der Waals surface area contributed by atoms with E-state index < -0.39 is 12.7 Å². The number of carbonyl (C=O) groups is 1. The lowest BCUT2D eigenvalue weighted by atomic mass is 10.00. The van der Waals surface area contributed by atoms with Gasteiger partial charge < -0.3 is 24.7 Å². The molecule has 0 bridgehead atoms. The molecule has 1 saturated carbocycles. The Morgan fingerprint density at radius 2 is 1.86 bits per heavy atom. The lowest BCUT2D eigenvalue weighted by Crippen LogP contribution is -2.40. The summed E-state index contributed by atoms with van der Waals surface area (Å²) in [7, 11) is 0. The maximum Gasteiger partial charge on any atom is 0.407 e. The van der Waals surface area contributed by atoms with Gasteiger partial charge >= 0.3 is 12.7 Å². The summed E-state index contributed by atoms with van der Waals surface area (Å²) in [6.45, 7) is -0.139. The van der Waals surface area contributed by atoms with E-state index in [1.54, 1.807) is 30.6 Å². The van der Waals surface area contributed by atoms with Gasteiger partial charge in [-0.15, -0.1) is 0 Å². The van der Waals surface area contributed by atoms with Crippen LogP contribution in [0.15, 0.2) is 42.7 Å². The average molecular weight is 555 g/mol. The number of anilines is 1. The number of amides is 1. The molecule has 0 spiro atoms. The van der Waals surface area contributed by atoms with Gasteiger partial charge in [0.05, 0.1) is 34.0 Å². The minimum absolute atomic E-state index is 0.0830. The second kappa shape index (κ2) is 12.6. The van der Waals surface area contributed by atoms with Gasteiger partial charge in [-0.1, -0.05) is 48.9 Å². The van der Waals surface area contributed by atoms with Crippen LogP contribution in [0.25, 0.3) is 11.0 Å². The summed E-state index contributed by atoms with van der Waals surface area (Å²) in [4.78, 5) is 17.2. The Bertz CT molecular complexity index is 1190. The first-order valence-electron chi connectivity index (χ1n) is 12.3. The van der Waals surface area contributed by atoms with Gasteiger partial charge in [0.2, 0.25) is 0 Å². The standard InChI is InChI=1S/C26H30Cl2F2N4O3/c1-16(13-31-18-6-8-19(9-7-18)36-25(29)30)33-26(35)37-20(10-17-4-2-3-5-17)14-34-15-32-23-11-21(27)22(28)12-24(23)34/h6-9,11-12,15-17,20,25,31H,2-5,10,13-14H2,1H3,(H,33,35)/t16-,20-/m0/s1. The Labute approximate surface area is 224 Å². The van der Waals surface area contributed by atoms with E-state index in [4.69, 9.17) is 27.9 Å². The average Bonchev–Trinajstić information content (AvgIpc) is 3.49. The molecule has 1 aliphatic rings. The van der Waals surface area contributed by atoms with Gasteiger partial charge in [-0.3, -0.25) is 0 Å². The maximum atomic E-state index is 12.8. The van der Waals surface area contributed by atoms with Crippen LogP contribution in [0.1, 0.15) is 39.0 Å². The number of aromatic nitrogens is 2. The molecular weight excluding hydrogens is 525 g/mol. The zero-order valence-electron chi connectivity index (χ0n) is 20.4. The zero-order chi connectivity index (χ0) is 26.4. The molecule has 37 heavy (non-hydrogen) atoms. The summed E-state index contributed by atoms with van der Waals surface area (Å²) < 4.78 is 36.8. The lowest BCUT2D eigenvalue weighted by Gasteiger charge is -2.23. The van der Waals surface area contributed by atoms with Crippen molar-refractivity contribution in [3.8, 4) is 5.75 Å². The van der Waals surface area contributed by atoms with Crippen LogP contribution in [0.3, 0.4) is 0 Å². The second-order valence-electron chi connectivity index (χ2n) is 9.39. The predicted molar refractivity (Wildman–Crippen MR) is 141 cm³/mol. The molecule has 2 aromatic carbocycles. The Balaban J connectivity index is 1.33. The number of carbonyl (C=O) groups excluding carboxylic acids is 1. The van der Waals surface area contributed by atoms with Crippen LogP contribution in [-0.4, -0.2) is 40.9 Å². The smallest absolute Gasteiger partial charge is 0.407 e. The SMILES string of the molecule is C[C@@H](CNc1ccc(OC(F)F)cc1)NC(=O)O[C@@H](CC1CCCC1)Cn1cnc2cc(Cl)c(Cl)cc21. The number of alkyl carbamates (subject to hydrolysis) is 1. The second-order valence-corrected chi connectivity index (χ2v) is 10.2. The van der Waals surface area contributed by atoms with E-state index in [-0.39, 0.29) is 17.9 Å². The minimum atomic E-state index is -2.87. The van der Waals surface area contributed by atoms with Crippen LogP contribution in [0, 0.1) is 5.92 Å². The molecule has 0 unspecified atom stereocenters. The van der Waals surface area contributed by atoms with Crippen LogP contribution in [0.2, 0.25) is 10.0 Å². The summed E-state index contributed by atoms with van der Waals surface area (Å²) >= 11 is 12.3. The van der Waals surface area contributed by atoms with Crippen molar-refractivity contribution >= 4 is 46.0 Å². The van der Waals surface area contributed by atoms with Crippen LogP contribution >= 0.6 is 23.2 Å². The molecule has 2 N–H and O–H groups in total. The van der Waals surface area contributed by atoms with Gasteiger partial charge in [0.15, 0.2) is 0 Å². The number of nitrogens with one attached hydrogen (secondary N) is 2. The number of nitrogens with zero attached hydrogens (tertiary/aromatic N) is 2. The van der Waals surface area contributed by atoms with E-state index in [1.807, 2.05) is 11.5 Å². The van der Waals surface area contributed by atoms with E-state index in [0.717, 1.165) is 30.3 Å². The largest absolute Gasteiger partial charge is 0.444 e. The fourth-order valence-electron chi connectivity index (χ4n) is 4.66. The molecule has 200 valence electrons. The molecule has 1 aliphatic carbocycles. The fourth-order valence-corrected chi connectivity index (χ4v) is 4.97. The van der Waals surface area contributed by atoms with Crippen molar-refractivity contribution in [2.75, 3.05) is 11.9 Å². The van der Waals surface area contributed by atoms with Crippen molar-refractivity contribution in [1.82, 2.24) is 14.9 Å². The molecule has 1 fully saturated rings. The van der Waals surface area contributed by atoms with E-state index in [1.165, 1.54) is 25.0 Å². The molecule has 1 heterocycles. The van der Waals surface area contributed by atoms with Crippen molar-refractivity contribution in [2.45, 2.75) is 64.3 Å². The number of hydrogen-bond donors (Lipinski definition) is 2. The number of imidazole rings is 1. The molecule has 1 aromatic heterocycles. The first-order valence-corrected chi connectivity index (χ1v) is 13.1. The third-order valence-corrected chi connectivity index (χ3v) is 7.19. The summed E-state index contributed by atoms with van der Waals surface area (Å²) in [5.41, 5.74) is 2.28. The van der Waals surface area contributed by atoms with Crippen molar-refractivity contribution in [3.63, 3.8) is 0 Å². The third kappa shape index (κ3) is 7.85. The number of fused-ring (bicyclic) bond motifs is 1. The number of rotatable bonds is 11. The molecule has 1 amide bonds. The van der Waals surface area contributed by atoms with Crippen molar-refractivity contribution < 1.29 is 23.0 Å². The molecule has 7 nitrogen and oxygen atoms in total. The Morgan fingerprint density at radius 3 is 2.57 bits per heavy atom. The normalized spacial score (nSPS) is 15.6. The predicted octanol–water partition coefficient (Wildman–Crippen LogP) is 7.12. The van der Waals surface area contributed by atoms with Crippen molar-refractivity contribution in [3.05, 3.63) is 52.8 Å². The minimum Gasteiger partial charge on any atom is -0.444 e. The van der Waals surface area contributed by atoms with E-state index in [0.29, 0.717) is 34.7 Å². The van der Waals surface area contributed by atoms with Crippen molar-refractivity contribution in [2.24, 2.45) is 5.92 Å². The zero-order valence-corrected chi connectivity index (χ0v) is 21.9. The fraction of sp³-hybridized carbons (Fsp3) is 0.462. The topological polar surface area (TPSA) is 77.4 Å². The van der Waals surface area contributed by atoms with Gasteiger partial charge in [0.25, 0.3) is 0 Å². The summed E-state index contributed by atoms with van der Waals surface area (Å²) in [5.74, 6) is 0.598. The quantitative estimate of drug-likeness (QED) is 0.264. The Hall–Kier alpha value is -2.78. The van der Waals surface area contributed by atoms with Gasteiger partial charge in [-0.05, 0) is 55.7 Å². The maximum absolute atomic E-state index is 12.8. The van der Waals surface area contributed by atoms with Crippen LogP contribution in [0.4, 0.5) is 19.3 Å². The number of ether oxygens (including phenoxy) is 2. The van der Waals surface area contributed by atoms with Gasteiger partial charge in [0, 0.05) is 18.3 Å². The van der Waals surface area contributed by atoms with Gasteiger partial charge in [-0.2, -0.15) is 8.78 Å². The highest BCUT2D eigenvalue weighted by Crippen LogP contribution is 2.31. The molecule has 0 saturated heterocycles. The van der Waals surface area contributed by atoms with Crippen LogP contribution in [-0.2, 0) is 11.3 Å². The van der Waals surface area contributed by atoms with Crippen molar-refractivity contribution in [1.29, 1.82) is 0 Å². The highest BCUT2D eigenvalue weighted by molar-refractivity contribution is 6.42. The van der Waals surface area contributed by atoms with Crippen LogP contribution < -0.4 is 15.4 Å². The Morgan fingerprint density at radius 1 is 1.16 bits per heavy atom. The Kier molecular flexibility index (Phi) is 9.32. The molecule has 3 aromatic rings. The van der Waals surface area contributed by atoms with Gasteiger partial charge in [0.1, 0.15) is 11.9 Å². The van der Waals surface area contributed by atoms with E-state index in [9.17, 15) is 13.6 Å². The first kappa shape index (κ1) is 27.3. The highest BCUT2D eigenvalue weighted by atomic mass is 35.5. The third-order valence-electron chi connectivity index (χ3n) is 6.46. The lowest BCUT2D eigenvalue weighted by molar-refractivity contribution is -0.0498. The summed E-state index contributed by atoms with van der Waals surface area (Å²) in [6, 6.07) is 9.43. The number of alkyl halides is 2. The van der Waals surface area contributed by atoms with Gasteiger partial charge in [-0.25, -0.2) is 9.78 Å². The number of benzene rings is 2. The van der Waals surface area contributed by atoms with Crippen LogP contribution in [0.5, 0.6) is 5.75 Å². The summed E-state index contributed by atoms with van der Waals surface area (Å²) in [5, 5.41) is 6.91.